The molecule has 0 aliphatic heterocycles. The summed E-state index contributed by atoms with van der Waals surface area (Å²) in [5.41, 5.74) is 0.896. The molecule has 1 N–H and O–H groups in total. The molecule has 0 heterocycles. The van der Waals surface area contributed by atoms with Crippen LogP contribution in [0, 0.1) is 11.8 Å². The largest absolute Gasteiger partial charge is 0.481 e. The zero-order chi connectivity index (χ0) is 14.3. The van der Waals surface area contributed by atoms with Crippen LogP contribution in [0.4, 0.5) is 0 Å². The van der Waals surface area contributed by atoms with Gasteiger partial charge in [0.1, 0.15) is 6.61 Å². The highest BCUT2D eigenvalue weighted by Gasteiger charge is 2.34. The van der Waals surface area contributed by atoms with E-state index in [-0.39, 0.29) is 13.2 Å². The van der Waals surface area contributed by atoms with Gasteiger partial charge in [0, 0.05) is 0 Å². The maximum atomic E-state index is 11.8. The molecule has 0 saturated carbocycles. The maximum Gasteiger partial charge on any atom is 0.313 e. The van der Waals surface area contributed by atoms with Crippen molar-refractivity contribution in [3.63, 3.8) is 0 Å². The Kier molecular flexibility index (Phi) is 6.29. The van der Waals surface area contributed by atoms with Crippen molar-refractivity contribution in [1.82, 2.24) is 0 Å². The van der Waals surface area contributed by atoms with Gasteiger partial charge < -0.3 is 14.6 Å². The van der Waals surface area contributed by atoms with Crippen molar-refractivity contribution in [2.24, 2.45) is 11.8 Å². The summed E-state index contributed by atoms with van der Waals surface area (Å²) in [7, 11) is 0. The fraction of sp³-hybridized carbons (Fsp3) is 0.571. The van der Waals surface area contributed by atoms with Crippen LogP contribution in [0.3, 0.4) is 0 Å². The van der Waals surface area contributed by atoms with Crippen molar-refractivity contribution in [2.45, 2.75) is 19.8 Å². The summed E-state index contributed by atoms with van der Waals surface area (Å²) in [6.07, 6.45) is 4.60. The van der Waals surface area contributed by atoms with E-state index >= 15 is 0 Å². The van der Waals surface area contributed by atoms with Crippen LogP contribution in [0.2, 0.25) is 0 Å². The van der Waals surface area contributed by atoms with Gasteiger partial charge in [0.25, 0.3) is 0 Å². The predicted octanol–water partition coefficient (Wildman–Crippen LogP) is 1.79. The van der Waals surface area contributed by atoms with Crippen molar-refractivity contribution in [2.75, 3.05) is 19.8 Å². The molecule has 0 aromatic rings. The average molecular weight is 268 g/mol. The van der Waals surface area contributed by atoms with Gasteiger partial charge in [-0.05, 0) is 19.8 Å². The SMILES string of the molecule is C=C(C)COCCOC(=O)C1C=CCCC1C(=O)O. The first-order valence-electron chi connectivity index (χ1n) is 6.30. The second kappa shape index (κ2) is 7.74. The highest BCUT2D eigenvalue weighted by Crippen LogP contribution is 2.26. The first kappa shape index (κ1) is 15.4. The number of ether oxygens (including phenoxy) is 2. The molecule has 0 amide bonds. The topological polar surface area (TPSA) is 72.8 Å². The number of carbonyl (C=O) groups excluding carboxylic acids is 1. The smallest absolute Gasteiger partial charge is 0.313 e. The minimum Gasteiger partial charge on any atom is -0.481 e. The fourth-order valence-electron chi connectivity index (χ4n) is 1.90. The Morgan fingerprint density at radius 3 is 2.79 bits per heavy atom. The Morgan fingerprint density at radius 2 is 2.16 bits per heavy atom. The van der Waals surface area contributed by atoms with Gasteiger partial charge in [0.2, 0.25) is 0 Å². The molecule has 0 spiro atoms. The number of aliphatic carboxylic acids is 1. The van der Waals surface area contributed by atoms with Crippen molar-refractivity contribution in [1.29, 1.82) is 0 Å². The molecule has 2 atom stereocenters. The number of allylic oxidation sites excluding steroid dienone is 1. The number of carbonyl (C=O) groups is 2. The summed E-state index contributed by atoms with van der Waals surface area (Å²) >= 11 is 0. The van der Waals surface area contributed by atoms with Crippen LogP contribution in [0.1, 0.15) is 19.8 Å². The van der Waals surface area contributed by atoms with Crippen LogP contribution in [-0.4, -0.2) is 36.9 Å². The second-order valence-corrected chi connectivity index (χ2v) is 4.65. The summed E-state index contributed by atoms with van der Waals surface area (Å²) in [6, 6.07) is 0. The van der Waals surface area contributed by atoms with E-state index in [0.29, 0.717) is 19.4 Å². The number of esters is 1. The Balaban J connectivity index is 2.35. The van der Waals surface area contributed by atoms with Gasteiger partial charge in [0.05, 0.1) is 25.0 Å². The summed E-state index contributed by atoms with van der Waals surface area (Å²) in [5, 5.41) is 9.05. The van der Waals surface area contributed by atoms with Crippen molar-refractivity contribution < 1.29 is 24.2 Å². The molecule has 0 aromatic heterocycles. The van der Waals surface area contributed by atoms with Crippen LogP contribution in [0.25, 0.3) is 0 Å². The summed E-state index contributed by atoms with van der Waals surface area (Å²) in [6.45, 7) is 6.37. The Morgan fingerprint density at radius 1 is 1.42 bits per heavy atom. The molecule has 5 heteroatoms. The average Bonchev–Trinajstić information content (AvgIpc) is 2.37. The zero-order valence-electron chi connectivity index (χ0n) is 11.1. The van der Waals surface area contributed by atoms with Gasteiger partial charge in [0.15, 0.2) is 0 Å². The number of carboxylic acid groups (broad SMARTS) is 1. The van der Waals surface area contributed by atoms with E-state index in [1.165, 1.54) is 0 Å². The third-order valence-electron chi connectivity index (χ3n) is 2.83. The van der Waals surface area contributed by atoms with E-state index in [2.05, 4.69) is 6.58 Å². The molecule has 2 unspecified atom stereocenters. The fourth-order valence-corrected chi connectivity index (χ4v) is 1.90. The van der Waals surface area contributed by atoms with E-state index in [4.69, 9.17) is 14.6 Å². The number of rotatable bonds is 7. The summed E-state index contributed by atoms with van der Waals surface area (Å²) < 4.78 is 10.2. The lowest BCUT2D eigenvalue weighted by molar-refractivity contribution is -0.157. The van der Waals surface area contributed by atoms with Gasteiger partial charge in [-0.25, -0.2) is 0 Å². The van der Waals surface area contributed by atoms with Crippen LogP contribution < -0.4 is 0 Å². The molecule has 0 radical (unpaired) electrons. The Bertz CT molecular complexity index is 372. The van der Waals surface area contributed by atoms with Crippen LogP contribution in [0.15, 0.2) is 24.3 Å². The minimum atomic E-state index is -0.954. The molecule has 0 bridgehead atoms. The molecule has 0 saturated heterocycles. The lowest BCUT2D eigenvalue weighted by atomic mass is 9.84. The highest BCUT2D eigenvalue weighted by atomic mass is 16.6. The van der Waals surface area contributed by atoms with E-state index < -0.39 is 23.8 Å². The van der Waals surface area contributed by atoms with E-state index in [9.17, 15) is 9.59 Å². The molecule has 1 aliphatic rings. The van der Waals surface area contributed by atoms with Crippen LogP contribution in [0.5, 0.6) is 0 Å². The second-order valence-electron chi connectivity index (χ2n) is 4.65. The third kappa shape index (κ3) is 5.26. The first-order chi connectivity index (χ1) is 9.02. The number of hydrogen-bond donors (Lipinski definition) is 1. The van der Waals surface area contributed by atoms with Gasteiger partial charge >= 0.3 is 11.9 Å². The normalized spacial score (nSPS) is 21.9. The van der Waals surface area contributed by atoms with E-state index in [1.54, 1.807) is 6.08 Å². The van der Waals surface area contributed by atoms with Gasteiger partial charge in [-0.3, -0.25) is 9.59 Å². The molecule has 0 fully saturated rings. The molecule has 106 valence electrons. The Hall–Kier alpha value is -1.62. The van der Waals surface area contributed by atoms with Crippen molar-refractivity contribution in [3.05, 3.63) is 24.3 Å². The highest BCUT2D eigenvalue weighted by molar-refractivity contribution is 5.83. The molecular weight excluding hydrogens is 248 g/mol. The minimum absolute atomic E-state index is 0.128. The van der Waals surface area contributed by atoms with Crippen molar-refractivity contribution >= 4 is 11.9 Å². The molecule has 1 rings (SSSR count). The van der Waals surface area contributed by atoms with Crippen LogP contribution >= 0.6 is 0 Å². The van der Waals surface area contributed by atoms with Gasteiger partial charge in [-0.2, -0.15) is 0 Å². The predicted molar refractivity (Wildman–Crippen MR) is 69.6 cm³/mol. The first-order valence-corrected chi connectivity index (χ1v) is 6.30. The van der Waals surface area contributed by atoms with E-state index in [1.807, 2.05) is 13.0 Å². The van der Waals surface area contributed by atoms with Gasteiger partial charge in [-0.1, -0.05) is 24.3 Å². The lowest BCUT2D eigenvalue weighted by Gasteiger charge is -2.22. The standard InChI is InChI=1S/C14H20O5/c1-10(2)9-18-7-8-19-14(17)12-6-4-3-5-11(12)13(15)16/h4,6,11-12H,1,3,5,7-9H2,2H3,(H,15,16). The van der Waals surface area contributed by atoms with E-state index in [0.717, 1.165) is 5.57 Å². The number of carboxylic acids is 1. The third-order valence-corrected chi connectivity index (χ3v) is 2.83. The molecule has 5 nitrogen and oxygen atoms in total. The summed E-state index contributed by atoms with van der Waals surface area (Å²) in [4.78, 5) is 22.8. The van der Waals surface area contributed by atoms with Gasteiger partial charge in [-0.15, -0.1) is 0 Å². The Labute approximate surface area is 112 Å². The molecule has 19 heavy (non-hydrogen) atoms. The summed E-state index contributed by atoms with van der Waals surface area (Å²) in [5.74, 6) is -2.83. The monoisotopic (exact) mass is 268 g/mol. The lowest BCUT2D eigenvalue weighted by Crippen LogP contribution is -2.32. The molecular formula is C14H20O5. The zero-order valence-corrected chi connectivity index (χ0v) is 11.1. The quantitative estimate of drug-likeness (QED) is 0.433. The maximum absolute atomic E-state index is 11.8. The molecule has 0 aromatic carbocycles. The molecule has 1 aliphatic carbocycles. The van der Waals surface area contributed by atoms with Crippen molar-refractivity contribution in [3.8, 4) is 0 Å². The van der Waals surface area contributed by atoms with Crippen LogP contribution in [-0.2, 0) is 19.1 Å². The number of hydrogen-bond acceptors (Lipinski definition) is 4.